The van der Waals surface area contributed by atoms with E-state index < -0.39 is 5.60 Å². The first-order valence-corrected chi connectivity index (χ1v) is 4.74. The number of hydrogen-bond donors (Lipinski definition) is 0. The highest BCUT2D eigenvalue weighted by atomic mass is 16.6. The molecule has 0 N–H and O–H groups in total. The molecule has 1 heterocycles. The zero-order valence-electron chi connectivity index (χ0n) is 8.94. The molecule has 0 aromatic heterocycles. The Kier molecular flexibility index (Phi) is 2.07. The van der Waals surface area contributed by atoms with Gasteiger partial charge < -0.3 is 4.74 Å². The molecule has 0 aromatic carbocycles. The summed E-state index contributed by atoms with van der Waals surface area (Å²) in [6, 6.07) is 0. The fourth-order valence-corrected chi connectivity index (χ4v) is 1.36. The summed E-state index contributed by atoms with van der Waals surface area (Å²) >= 11 is 0. The Labute approximate surface area is 88.0 Å². The average molecular weight is 204 g/mol. The molecular weight excluding hydrogens is 192 g/mol. The van der Waals surface area contributed by atoms with Crippen molar-refractivity contribution < 1.29 is 9.53 Å². The standard InChI is InChI=1S/C11H12N2O2/c1-11(2,3)15-10(14)7-4-5-9-8(7)6-12-13-9/h4-6H,1-3H3. The summed E-state index contributed by atoms with van der Waals surface area (Å²) in [5.41, 5.74) is 1.54. The summed E-state index contributed by atoms with van der Waals surface area (Å²) < 4.78 is 5.27. The van der Waals surface area contributed by atoms with E-state index in [9.17, 15) is 4.79 Å². The number of carbonyl (C=O) groups excluding carboxylic acids is 1. The Balaban J connectivity index is 2.23. The Hall–Kier alpha value is -1.71. The van der Waals surface area contributed by atoms with Crippen LogP contribution in [-0.2, 0) is 9.53 Å². The van der Waals surface area contributed by atoms with E-state index in [1.807, 2.05) is 20.8 Å². The maximum Gasteiger partial charge on any atom is 0.339 e. The van der Waals surface area contributed by atoms with Crippen LogP contribution in [0, 0.1) is 0 Å². The van der Waals surface area contributed by atoms with Crippen molar-refractivity contribution in [2.75, 3.05) is 0 Å². The van der Waals surface area contributed by atoms with Gasteiger partial charge in [0, 0.05) is 5.57 Å². The van der Waals surface area contributed by atoms with Gasteiger partial charge in [-0.2, -0.15) is 10.2 Å². The topological polar surface area (TPSA) is 51.0 Å². The molecule has 0 unspecified atom stereocenters. The fraction of sp³-hybridized carbons (Fsp3) is 0.364. The van der Waals surface area contributed by atoms with Gasteiger partial charge in [0.2, 0.25) is 0 Å². The average Bonchev–Trinajstić information content (AvgIpc) is 2.57. The first kappa shape index (κ1) is 9.83. The summed E-state index contributed by atoms with van der Waals surface area (Å²) in [6.07, 6.45) is 5.06. The van der Waals surface area contributed by atoms with Crippen molar-refractivity contribution >= 4 is 17.9 Å². The Morgan fingerprint density at radius 1 is 1.33 bits per heavy atom. The minimum atomic E-state index is -0.478. The molecule has 0 aromatic rings. The first-order valence-electron chi connectivity index (χ1n) is 4.74. The predicted molar refractivity (Wildman–Crippen MR) is 57.9 cm³/mol. The molecule has 15 heavy (non-hydrogen) atoms. The van der Waals surface area contributed by atoms with Gasteiger partial charge >= 0.3 is 5.97 Å². The lowest BCUT2D eigenvalue weighted by Gasteiger charge is -2.19. The second-order valence-corrected chi connectivity index (χ2v) is 4.39. The van der Waals surface area contributed by atoms with Crippen molar-refractivity contribution in [1.29, 1.82) is 0 Å². The van der Waals surface area contributed by atoms with Crippen molar-refractivity contribution in [3.05, 3.63) is 23.3 Å². The second kappa shape index (κ2) is 3.15. The molecule has 0 fully saturated rings. The van der Waals surface area contributed by atoms with Gasteiger partial charge in [0.25, 0.3) is 0 Å². The number of hydrogen-bond acceptors (Lipinski definition) is 4. The molecule has 4 nitrogen and oxygen atoms in total. The third kappa shape index (κ3) is 1.88. The molecular formula is C11H12N2O2. The third-order valence-corrected chi connectivity index (χ3v) is 1.95. The molecule has 0 amide bonds. The highest BCUT2D eigenvalue weighted by Gasteiger charge is 2.26. The van der Waals surface area contributed by atoms with E-state index >= 15 is 0 Å². The molecule has 0 radical (unpaired) electrons. The van der Waals surface area contributed by atoms with Crippen molar-refractivity contribution in [2.45, 2.75) is 26.4 Å². The molecule has 0 saturated heterocycles. The van der Waals surface area contributed by atoms with Gasteiger partial charge in [-0.3, -0.25) is 0 Å². The Bertz CT molecular complexity index is 434. The molecule has 4 heteroatoms. The smallest absolute Gasteiger partial charge is 0.339 e. The van der Waals surface area contributed by atoms with Gasteiger partial charge in [0.15, 0.2) is 0 Å². The van der Waals surface area contributed by atoms with Gasteiger partial charge in [-0.05, 0) is 32.9 Å². The molecule has 1 aliphatic carbocycles. The molecule has 2 rings (SSSR count). The summed E-state index contributed by atoms with van der Waals surface area (Å²) in [7, 11) is 0. The molecule has 0 saturated carbocycles. The molecule has 78 valence electrons. The third-order valence-electron chi connectivity index (χ3n) is 1.95. The number of carbonyl (C=O) groups is 1. The summed E-state index contributed by atoms with van der Waals surface area (Å²) in [5, 5.41) is 7.60. The van der Waals surface area contributed by atoms with E-state index in [4.69, 9.17) is 4.74 Å². The maximum absolute atomic E-state index is 11.8. The molecule has 1 aliphatic heterocycles. The molecule has 0 atom stereocenters. The van der Waals surface area contributed by atoms with Crippen LogP contribution in [0.15, 0.2) is 33.5 Å². The van der Waals surface area contributed by atoms with Gasteiger partial charge in [-0.25, -0.2) is 4.79 Å². The zero-order valence-corrected chi connectivity index (χ0v) is 8.94. The minimum Gasteiger partial charge on any atom is -0.456 e. The van der Waals surface area contributed by atoms with E-state index in [1.54, 1.807) is 18.4 Å². The van der Waals surface area contributed by atoms with Crippen LogP contribution in [0.25, 0.3) is 0 Å². The van der Waals surface area contributed by atoms with Gasteiger partial charge in [-0.1, -0.05) is 0 Å². The van der Waals surface area contributed by atoms with E-state index in [0.29, 0.717) is 5.57 Å². The normalized spacial score (nSPS) is 18.2. The van der Waals surface area contributed by atoms with Crippen molar-refractivity contribution in [3.8, 4) is 0 Å². The lowest BCUT2D eigenvalue weighted by atomic mass is 10.1. The second-order valence-electron chi connectivity index (χ2n) is 4.39. The van der Waals surface area contributed by atoms with E-state index in [2.05, 4.69) is 10.2 Å². The number of rotatable bonds is 1. The zero-order chi connectivity index (χ0) is 11.1. The predicted octanol–water partition coefficient (Wildman–Crippen LogP) is 1.63. The van der Waals surface area contributed by atoms with Crippen LogP contribution in [-0.4, -0.2) is 23.5 Å². The van der Waals surface area contributed by atoms with Crippen LogP contribution in [0.2, 0.25) is 0 Å². The molecule has 0 spiro atoms. The van der Waals surface area contributed by atoms with E-state index in [-0.39, 0.29) is 5.97 Å². The number of nitrogens with zero attached hydrogens (tertiary/aromatic N) is 2. The Morgan fingerprint density at radius 2 is 2.07 bits per heavy atom. The lowest BCUT2D eigenvalue weighted by Crippen LogP contribution is -2.24. The van der Waals surface area contributed by atoms with Crippen molar-refractivity contribution in [1.82, 2.24) is 0 Å². The number of allylic oxidation sites excluding steroid dienone is 2. The number of ether oxygens (including phenoxy) is 1. The SMILES string of the molecule is CC(C)(C)OC(=O)C1=C2C=NN=C2C=C1. The molecule has 0 bridgehead atoms. The lowest BCUT2D eigenvalue weighted by molar-refractivity contribution is -0.149. The highest BCUT2D eigenvalue weighted by Crippen LogP contribution is 2.22. The van der Waals surface area contributed by atoms with Crippen LogP contribution in [0.5, 0.6) is 0 Å². The van der Waals surface area contributed by atoms with Crippen LogP contribution in [0.3, 0.4) is 0 Å². The first-order chi connectivity index (χ1) is 6.97. The Morgan fingerprint density at radius 3 is 2.73 bits per heavy atom. The monoisotopic (exact) mass is 204 g/mol. The number of esters is 1. The van der Waals surface area contributed by atoms with Crippen molar-refractivity contribution in [2.24, 2.45) is 10.2 Å². The van der Waals surface area contributed by atoms with Crippen LogP contribution in [0.4, 0.5) is 0 Å². The van der Waals surface area contributed by atoms with Gasteiger partial charge in [0.05, 0.1) is 17.5 Å². The summed E-state index contributed by atoms with van der Waals surface area (Å²) in [5.74, 6) is -0.327. The fourth-order valence-electron chi connectivity index (χ4n) is 1.36. The quantitative estimate of drug-likeness (QED) is 0.609. The van der Waals surface area contributed by atoms with Gasteiger partial charge in [-0.15, -0.1) is 0 Å². The van der Waals surface area contributed by atoms with Crippen molar-refractivity contribution in [3.63, 3.8) is 0 Å². The van der Waals surface area contributed by atoms with Crippen LogP contribution in [0.1, 0.15) is 20.8 Å². The summed E-state index contributed by atoms with van der Waals surface area (Å²) in [4.78, 5) is 11.8. The summed E-state index contributed by atoms with van der Waals surface area (Å²) in [6.45, 7) is 5.52. The van der Waals surface area contributed by atoms with E-state index in [1.165, 1.54) is 0 Å². The maximum atomic E-state index is 11.8. The minimum absolute atomic E-state index is 0.327. The van der Waals surface area contributed by atoms with Crippen LogP contribution >= 0.6 is 0 Å². The number of fused-ring (bicyclic) bond motifs is 1. The van der Waals surface area contributed by atoms with E-state index in [0.717, 1.165) is 11.3 Å². The van der Waals surface area contributed by atoms with Crippen LogP contribution < -0.4 is 0 Å². The largest absolute Gasteiger partial charge is 0.456 e. The van der Waals surface area contributed by atoms with Gasteiger partial charge in [0.1, 0.15) is 5.60 Å². The highest BCUT2D eigenvalue weighted by molar-refractivity contribution is 6.30. The molecule has 2 aliphatic rings.